The monoisotopic (exact) mass is 150 g/mol. The molecule has 11 heavy (non-hydrogen) atoms. The Labute approximate surface area is 67.2 Å². The maximum absolute atomic E-state index is 11.7. The van der Waals surface area contributed by atoms with Crippen LogP contribution in [-0.4, -0.2) is 5.78 Å². The molecule has 3 aliphatic rings. The second-order valence-corrected chi connectivity index (χ2v) is 5.07. The molecule has 0 saturated heterocycles. The minimum absolute atomic E-state index is 0.126. The van der Waals surface area contributed by atoms with Gasteiger partial charge in [-0.2, -0.15) is 0 Å². The van der Waals surface area contributed by atoms with Crippen molar-refractivity contribution in [3.05, 3.63) is 0 Å². The molecule has 60 valence electrons. The maximum Gasteiger partial charge on any atom is 0.142 e. The van der Waals surface area contributed by atoms with Gasteiger partial charge in [0.1, 0.15) is 5.78 Å². The maximum atomic E-state index is 11.7. The van der Waals surface area contributed by atoms with Gasteiger partial charge in [-0.25, -0.2) is 0 Å². The zero-order valence-electron chi connectivity index (χ0n) is 7.02. The Balaban J connectivity index is 2.07. The summed E-state index contributed by atoms with van der Waals surface area (Å²) in [5, 5.41) is 0. The highest BCUT2D eigenvalue weighted by molar-refractivity contribution is 5.93. The molecule has 0 aromatic rings. The van der Waals surface area contributed by atoms with E-state index in [1.165, 1.54) is 32.1 Å². The number of carbonyl (C=O) groups excluding carboxylic acids is 1. The summed E-state index contributed by atoms with van der Waals surface area (Å²) in [6, 6.07) is 0. The SMILES string of the molecule is CC12CCCC3(CC3C1=O)C2. The summed E-state index contributed by atoms with van der Waals surface area (Å²) in [4.78, 5) is 11.7. The number of hydrogen-bond acceptors (Lipinski definition) is 1. The van der Waals surface area contributed by atoms with Crippen molar-refractivity contribution in [3.8, 4) is 0 Å². The zero-order chi connectivity index (χ0) is 7.69. The van der Waals surface area contributed by atoms with Crippen LogP contribution in [-0.2, 0) is 4.79 Å². The van der Waals surface area contributed by atoms with E-state index in [1.54, 1.807) is 0 Å². The van der Waals surface area contributed by atoms with Crippen molar-refractivity contribution >= 4 is 5.78 Å². The van der Waals surface area contributed by atoms with Crippen LogP contribution in [0.25, 0.3) is 0 Å². The number of carbonyl (C=O) groups is 1. The van der Waals surface area contributed by atoms with Crippen LogP contribution in [0.15, 0.2) is 0 Å². The molecule has 3 unspecified atom stereocenters. The second kappa shape index (κ2) is 1.41. The first kappa shape index (κ1) is 6.22. The van der Waals surface area contributed by atoms with Gasteiger partial charge in [-0.15, -0.1) is 0 Å². The molecule has 3 atom stereocenters. The van der Waals surface area contributed by atoms with Crippen molar-refractivity contribution in [1.82, 2.24) is 0 Å². The lowest BCUT2D eigenvalue weighted by atomic mass is 9.72. The number of ketones is 1. The van der Waals surface area contributed by atoms with E-state index >= 15 is 0 Å². The van der Waals surface area contributed by atoms with Crippen molar-refractivity contribution in [2.75, 3.05) is 0 Å². The molecule has 2 bridgehead atoms. The lowest BCUT2D eigenvalue weighted by molar-refractivity contribution is -0.127. The van der Waals surface area contributed by atoms with Gasteiger partial charge in [-0.3, -0.25) is 4.79 Å². The molecule has 0 N–H and O–H groups in total. The normalized spacial score (nSPS) is 59.4. The highest BCUT2D eigenvalue weighted by Gasteiger charge is 2.70. The van der Waals surface area contributed by atoms with Gasteiger partial charge in [0.25, 0.3) is 0 Å². The Morgan fingerprint density at radius 3 is 2.91 bits per heavy atom. The molecule has 1 spiro atoms. The second-order valence-electron chi connectivity index (χ2n) is 5.07. The molecule has 0 amide bonds. The topological polar surface area (TPSA) is 17.1 Å². The predicted molar refractivity (Wildman–Crippen MR) is 42.1 cm³/mol. The summed E-state index contributed by atoms with van der Waals surface area (Å²) in [5.41, 5.74) is 0.672. The third-order valence-corrected chi connectivity index (χ3v) is 4.25. The molecule has 0 aromatic carbocycles. The summed E-state index contributed by atoms with van der Waals surface area (Å²) in [6.45, 7) is 2.18. The van der Waals surface area contributed by atoms with E-state index in [1.807, 2.05) is 0 Å². The molecule has 0 radical (unpaired) electrons. The summed E-state index contributed by atoms with van der Waals surface area (Å²) < 4.78 is 0. The Kier molecular flexibility index (Phi) is 0.799. The van der Waals surface area contributed by atoms with Gasteiger partial charge in [0.2, 0.25) is 0 Å². The Bertz CT molecular complexity index is 245. The van der Waals surface area contributed by atoms with Gasteiger partial charge >= 0.3 is 0 Å². The molecule has 1 heteroatoms. The van der Waals surface area contributed by atoms with Crippen LogP contribution in [0.1, 0.15) is 39.0 Å². The molecule has 0 heterocycles. The molecule has 3 aliphatic carbocycles. The van der Waals surface area contributed by atoms with Gasteiger partial charge in [0, 0.05) is 11.3 Å². The van der Waals surface area contributed by atoms with Gasteiger partial charge in [-0.05, 0) is 31.1 Å². The van der Waals surface area contributed by atoms with E-state index in [2.05, 4.69) is 6.92 Å². The fraction of sp³-hybridized carbons (Fsp3) is 0.900. The fourth-order valence-electron chi connectivity index (χ4n) is 3.61. The van der Waals surface area contributed by atoms with Crippen molar-refractivity contribution < 1.29 is 4.79 Å². The third-order valence-electron chi connectivity index (χ3n) is 4.25. The number of Topliss-reactive ketones (excluding diaryl/α,β-unsaturated/α-hetero) is 1. The standard InChI is InChI=1S/C10H14O/c1-9-3-2-4-10(6-9)5-7(10)8(9)11/h7H,2-6H2,1H3. The summed E-state index contributed by atoms with van der Waals surface area (Å²) in [6.07, 6.45) is 6.28. The molecule has 1 nitrogen and oxygen atoms in total. The first-order valence-electron chi connectivity index (χ1n) is 4.71. The van der Waals surface area contributed by atoms with Crippen molar-refractivity contribution in [3.63, 3.8) is 0 Å². The fourth-order valence-corrected chi connectivity index (χ4v) is 3.61. The number of hydrogen-bond donors (Lipinski definition) is 0. The average molecular weight is 150 g/mol. The number of fused-ring (bicyclic) bond motifs is 1. The largest absolute Gasteiger partial charge is 0.299 e. The highest BCUT2D eigenvalue weighted by atomic mass is 16.1. The van der Waals surface area contributed by atoms with Crippen molar-refractivity contribution in [1.29, 1.82) is 0 Å². The smallest absolute Gasteiger partial charge is 0.142 e. The molecular weight excluding hydrogens is 136 g/mol. The molecule has 3 saturated carbocycles. The average Bonchev–Trinajstić information content (AvgIpc) is 2.57. The lowest BCUT2D eigenvalue weighted by Gasteiger charge is -2.31. The van der Waals surface area contributed by atoms with Crippen LogP contribution < -0.4 is 0 Å². The van der Waals surface area contributed by atoms with E-state index < -0.39 is 0 Å². The van der Waals surface area contributed by atoms with E-state index in [0.717, 1.165) is 0 Å². The molecule has 3 rings (SSSR count). The van der Waals surface area contributed by atoms with E-state index in [0.29, 0.717) is 17.1 Å². The first-order chi connectivity index (χ1) is 5.16. The van der Waals surface area contributed by atoms with Crippen LogP contribution in [0, 0.1) is 16.7 Å². The quantitative estimate of drug-likeness (QED) is 0.517. The van der Waals surface area contributed by atoms with Crippen LogP contribution in [0.2, 0.25) is 0 Å². The highest BCUT2D eigenvalue weighted by Crippen LogP contribution is 2.72. The summed E-state index contributed by atoms with van der Waals surface area (Å²) >= 11 is 0. The summed E-state index contributed by atoms with van der Waals surface area (Å²) in [7, 11) is 0. The Morgan fingerprint density at radius 2 is 2.27 bits per heavy atom. The minimum Gasteiger partial charge on any atom is -0.299 e. The lowest BCUT2D eigenvalue weighted by Crippen LogP contribution is -2.27. The van der Waals surface area contributed by atoms with Crippen LogP contribution >= 0.6 is 0 Å². The van der Waals surface area contributed by atoms with Crippen molar-refractivity contribution in [2.24, 2.45) is 16.7 Å². The molecule has 3 fully saturated rings. The molecule has 0 aromatic heterocycles. The van der Waals surface area contributed by atoms with Gasteiger partial charge in [0.15, 0.2) is 0 Å². The van der Waals surface area contributed by atoms with Crippen molar-refractivity contribution in [2.45, 2.75) is 39.0 Å². The summed E-state index contributed by atoms with van der Waals surface area (Å²) in [5.74, 6) is 1.12. The van der Waals surface area contributed by atoms with Gasteiger partial charge < -0.3 is 0 Å². The zero-order valence-corrected chi connectivity index (χ0v) is 7.02. The van der Waals surface area contributed by atoms with Crippen LogP contribution in [0.3, 0.4) is 0 Å². The van der Waals surface area contributed by atoms with Gasteiger partial charge in [-0.1, -0.05) is 13.3 Å². The predicted octanol–water partition coefficient (Wildman–Crippen LogP) is 2.16. The molecular formula is C10H14O. The van der Waals surface area contributed by atoms with Crippen LogP contribution in [0.4, 0.5) is 0 Å². The Morgan fingerprint density at radius 1 is 1.45 bits per heavy atom. The Hall–Kier alpha value is -0.330. The first-order valence-corrected chi connectivity index (χ1v) is 4.71. The van der Waals surface area contributed by atoms with Gasteiger partial charge in [0.05, 0.1) is 0 Å². The third kappa shape index (κ3) is 0.533. The molecule has 0 aliphatic heterocycles. The number of rotatable bonds is 0. The minimum atomic E-state index is 0.126. The van der Waals surface area contributed by atoms with E-state index in [-0.39, 0.29) is 5.41 Å². The van der Waals surface area contributed by atoms with E-state index in [4.69, 9.17) is 0 Å². The van der Waals surface area contributed by atoms with E-state index in [9.17, 15) is 4.79 Å². The van der Waals surface area contributed by atoms with Crippen LogP contribution in [0.5, 0.6) is 0 Å².